The number of nitrogens with one attached hydrogen (secondary N) is 1. The van der Waals surface area contributed by atoms with Crippen molar-refractivity contribution in [3.8, 4) is 0 Å². The van der Waals surface area contributed by atoms with Gasteiger partial charge in [-0.25, -0.2) is 8.70 Å². The van der Waals surface area contributed by atoms with Gasteiger partial charge in [-0.1, -0.05) is 72.3 Å². The van der Waals surface area contributed by atoms with Gasteiger partial charge in [0.25, 0.3) is 0 Å². The molecule has 0 aliphatic carbocycles. The average Bonchev–Trinajstić information content (AvgIpc) is 2.90. The van der Waals surface area contributed by atoms with Gasteiger partial charge in [-0.05, 0) is 29.3 Å². The number of rotatable bonds is 11. The monoisotopic (exact) mass is 560 g/mol. The quantitative estimate of drug-likeness (QED) is 0.389. The molecule has 0 aromatic heterocycles. The standard InChI is InChI=1S/C27H30ClFN4O4S/c1-30-27(35)25(17-20-11-5-4-6-12-20)32(18-21-13-7-8-14-22(21)28)26(34)19-33(38(36,37)31(2)3)24-16-10-9-15-23(24)29/h4-16,25H,17-19H2,1-3H3,(H,30,35)/t25-/m0/s1. The summed E-state index contributed by atoms with van der Waals surface area (Å²) in [7, 11) is -0.244. The highest BCUT2D eigenvalue weighted by molar-refractivity contribution is 7.90. The molecule has 0 spiro atoms. The van der Waals surface area contributed by atoms with E-state index in [9.17, 15) is 22.4 Å². The van der Waals surface area contributed by atoms with E-state index in [2.05, 4.69) is 5.32 Å². The number of carbonyl (C=O) groups excluding carboxylic acids is 2. The minimum atomic E-state index is -4.28. The topological polar surface area (TPSA) is 90.0 Å². The average molecular weight is 561 g/mol. The molecule has 38 heavy (non-hydrogen) atoms. The molecule has 0 aliphatic rings. The summed E-state index contributed by atoms with van der Waals surface area (Å²) in [5.41, 5.74) is 1.08. The number of halogens is 2. The van der Waals surface area contributed by atoms with Crippen LogP contribution in [0.2, 0.25) is 5.02 Å². The summed E-state index contributed by atoms with van der Waals surface area (Å²) in [6.45, 7) is -0.815. The Labute approximate surface area is 227 Å². The van der Waals surface area contributed by atoms with Crippen LogP contribution in [0.4, 0.5) is 10.1 Å². The van der Waals surface area contributed by atoms with Gasteiger partial charge in [0.1, 0.15) is 18.4 Å². The SMILES string of the molecule is CNC(=O)[C@H](Cc1ccccc1)N(Cc1ccccc1Cl)C(=O)CN(c1ccccc1F)S(=O)(=O)N(C)C. The Balaban J connectivity index is 2.09. The molecule has 0 radical (unpaired) electrons. The summed E-state index contributed by atoms with van der Waals surface area (Å²) in [6.07, 6.45) is 0.164. The van der Waals surface area contributed by atoms with Gasteiger partial charge in [-0.3, -0.25) is 9.59 Å². The number of carbonyl (C=O) groups is 2. The highest BCUT2D eigenvalue weighted by atomic mass is 35.5. The zero-order valence-electron chi connectivity index (χ0n) is 21.3. The maximum atomic E-state index is 14.8. The van der Waals surface area contributed by atoms with Gasteiger partial charge in [-0.15, -0.1) is 0 Å². The lowest BCUT2D eigenvalue weighted by molar-refractivity contribution is -0.139. The van der Waals surface area contributed by atoms with Crippen LogP contribution in [0.15, 0.2) is 78.9 Å². The van der Waals surface area contributed by atoms with Crippen molar-refractivity contribution in [1.29, 1.82) is 0 Å². The second-order valence-corrected chi connectivity index (χ2v) is 11.2. The van der Waals surface area contributed by atoms with Crippen molar-refractivity contribution in [2.45, 2.75) is 19.0 Å². The number of para-hydroxylation sites is 1. The molecule has 3 rings (SSSR count). The van der Waals surface area contributed by atoms with Crippen LogP contribution >= 0.6 is 11.6 Å². The molecular formula is C27H30ClFN4O4S. The first-order valence-electron chi connectivity index (χ1n) is 11.8. The van der Waals surface area contributed by atoms with Gasteiger partial charge in [0.15, 0.2) is 0 Å². The minimum absolute atomic E-state index is 0.0729. The van der Waals surface area contributed by atoms with Crippen LogP contribution in [0.25, 0.3) is 0 Å². The second-order valence-electron chi connectivity index (χ2n) is 8.68. The number of likely N-dealkylation sites (N-methyl/N-ethyl adjacent to an activating group) is 1. The fourth-order valence-electron chi connectivity index (χ4n) is 3.89. The third kappa shape index (κ3) is 6.89. The molecule has 0 saturated heterocycles. The van der Waals surface area contributed by atoms with Crippen LogP contribution in [0.5, 0.6) is 0 Å². The van der Waals surface area contributed by atoms with E-state index in [-0.39, 0.29) is 18.7 Å². The van der Waals surface area contributed by atoms with Crippen LogP contribution in [0, 0.1) is 5.82 Å². The highest BCUT2D eigenvalue weighted by Crippen LogP contribution is 2.25. The van der Waals surface area contributed by atoms with Crippen molar-refractivity contribution in [3.05, 3.63) is 101 Å². The van der Waals surface area contributed by atoms with Crippen LogP contribution < -0.4 is 9.62 Å². The highest BCUT2D eigenvalue weighted by Gasteiger charge is 2.35. The van der Waals surface area contributed by atoms with E-state index in [0.717, 1.165) is 15.9 Å². The fourth-order valence-corrected chi connectivity index (χ4v) is 5.15. The molecule has 0 heterocycles. The minimum Gasteiger partial charge on any atom is -0.357 e. The number of benzene rings is 3. The lowest BCUT2D eigenvalue weighted by Crippen LogP contribution is -2.54. The molecule has 0 bridgehead atoms. The van der Waals surface area contributed by atoms with Crippen LogP contribution in [0.1, 0.15) is 11.1 Å². The normalized spacial score (nSPS) is 12.2. The Bertz CT molecular complexity index is 1370. The van der Waals surface area contributed by atoms with Gasteiger partial charge in [0.05, 0.1) is 5.69 Å². The molecule has 0 unspecified atom stereocenters. The first-order chi connectivity index (χ1) is 18.1. The van der Waals surface area contributed by atoms with Gasteiger partial charge in [0, 0.05) is 39.1 Å². The lowest BCUT2D eigenvalue weighted by Gasteiger charge is -2.34. The molecule has 0 aliphatic heterocycles. The summed E-state index contributed by atoms with van der Waals surface area (Å²) in [6, 6.07) is 20.3. The summed E-state index contributed by atoms with van der Waals surface area (Å²) in [5, 5.41) is 2.98. The van der Waals surface area contributed by atoms with Gasteiger partial charge < -0.3 is 10.2 Å². The Kier molecular flexibility index (Phi) is 9.84. The van der Waals surface area contributed by atoms with E-state index in [0.29, 0.717) is 14.9 Å². The van der Waals surface area contributed by atoms with Gasteiger partial charge in [-0.2, -0.15) is 12.7 Å². The van der Waals surface area contributed by atoms with Crippen molar-refractivity contribution < 1.29 is 22.4 Å². The van der Waals surface area contributed by atoms with E-state index >= 15 is 0 Å². The molecule has 2 amide bonds. The predicted molar refractivity (Wildman–Crippen MR) is 146 cm³/mol. The van der Waals surface area contributed by atoms with Gasteiger partial charge >= 0.3 is 10.2 Å². The third-order valence-electron chi connectivity index (χ3n) is 5.96. The lowest BCUT2D eigenvalue weighted by atomic mass is 10.0. The molecule has 1 N–H and O–H groups in total. The predicted octanol–water partition coefficient (Wildman–Crippen LogP) is 3.48. The van der Waals surface area contributed by atoms with Crippen LogP contribution in [-0.4, -0.2) is 63.2 Å². The maximum Gasteiger partial charge on any atom is 0.304 e. The molecular weight excluding hydrogens is 531 g/mol. The van der Waals surface area contributed by atoms with Crippen molar-refractivity contribution in [3.63, 3.8) is 0 Å². The van der Waals surface area contributed by atoms with E-state index in [1.165, 1.54) is 44.2 Å². The number of anilines is 1. The van der Waals surface area contributed by atoms with E-state index in [1.54, 1.807) is 24.3 Å². The van der Waals surface area contributed by atoms with Crippen LogP contribution in [0.3, 0.4) is 0 Å². The zero-order chi connectivity index (χ0) is 27.9. The molecule has 202 valence electrons. The Morgan fingerprint density at radius 3 is 2.16 bits per heavy atom. The first-order valence-corrected chi connectivity index (χ1v) is 13.6. The largest absolute Gasteiger partial charge is 0.357 e. The Morgan fingerprint density at radius 2 is 1.55 bits per heavy atom. The van der Waals surface area contributed by atoms with Gasteiger partial charge in [0.2, 0.25) is 11.8 Å². The number of amides is 2. The molecule has 0 saturated carbocycles. The van der Waals surface area contributed by atoms with E-state index < -0.39 is 40.4 Å². The van der Waals surface area contributed by atoms with Crippen molar-refractivity contribution in [2.24, 2.45) is 0 Å². The molecule has 8 nitrogen and oxygen atoms in total. The smallest absolute Gasteiger partial charge is 0.304 e. The summed E-state index contributed by atoms with van der Waals surface area (Å²) >= 11 is 6.39. The second kappa shape index (κ2) is 12.9. The summed E-state index contributed by atoms with van der Waals surface area (Å²) < 4.78 is 42.8. The van der Waals surface area contributed by atoms with Crippen molar-refractivity contribution in [2.75, 3.05) is 32.0 Å². The molecule has 3 aromatic carbocycles. The first kappa shape index (κ1) is 29.1. The van der Waals surface area contributed by atoms with E-state index in [4.69, 9.17) is 11.6 Å². The molecule has 3 aromatic rings. The zero-order valence-corrected chi connectivity index (χ0v) is 22.9. The molecule has 11 heteroatoms. The Morgan fingerprint density at radius 1 is 0.947 bits per heavy atom. The number of hydrogen-bond acceptors (Lipinski definition) is 4. The van der Waals surface area contributed by atoms with Crippen molar-refractivity contribution >= 4 is 39.3 Å². The number of hydrogen-bond donors (Lipinski definition) is 1. The third-order valence-corrected chi connectivity index (χ3v) is 8.13. The number of nitrogens with zero attached hydrogens (tertiary/aromatic N) is 3. The summed E-state index contributed by atoms with van der Waals surface area (Å²) in [4.78, 5) is 28.3. The van der Waals surface area contributed by atoms with Crippen molar-refractivity contribution in [1.82, 2.24) is 14.5 Å². The van der Waals surface area contributed by atoms with E-state index in [1.807, 2.05) is 30.3 Å². The Hall–Kier alpha value is -3.47. The maximum absolute atomic E-state index is 14.8. The molecule has 1 atom stereocenters. The summed E-state index contributed by atoms with van der Waals surface area (Å²) in [5.74, 6) is -1.96. The molecule has 0 fully saturated rings. The van der Waals surface area contributed by atoms with Crippen LogP contribution in [-0.2, 0) is 32.8 Å². The fraction of sp³-hybridized carbons (Fsp3) is 0.259.